The van der Waals surface area contributed by atoms with E-state index in [2.05, 4.69) is 5.32 Å². The highest BCUT2D eigenvalue weighted by Gasteiger charge is 2.46. The summed E-state index contributed by atoms with van der Waals surface area (Å²) in [5.41, 5.74) is 0. The molecule has 1 aromatic rings. The first-order valence-electron chi connectivity index (χ1n) is 5.48. The number of carbonyl (C=O) groups is 2. The third kappa shape index (κ3) is 1.55. The number of carboxylic acid groups (broad SMARTS) is 1. The molecule has 3 rings (SSSR count). The molecule has 2 heterocycles. The van der Waals surface area contributed by atoms with Crippen LogP contribution in [0.5, 0.6) is 0 Å². The number of amides is 1. The van der Waals surface area contributed by atoms with Gasteiger partial charge < -0.3 is 9.52 Å². The van der Waals surface area contributed by atoms with Crippen molar-refractivity contribution in [1.82, 2.24) is 0 Å². The van der Waals surface area contributed by atoms with Crippen LogP contribution in [0.1, 0.15) is 36.2 Å². The highest BCUT2D eigenvalue weighted by molar-refractivity contribution is 8.01. The van der Waals surface area contributed by atoms with Gasteiger partial charge in [0.2, 0.25) is 17.6 Å². The van der Waals surface area contributed by atoms with E-state index in [4.69, 9.17) is 9.52 Å². The molecule has 1 saturated carbocycles. The van der Waals surface area contributed by atoms with Gasteiger partial charge in [0.15, 0.2) is 0 Å². The van der Waals surface area contributed by atoms with E-state index < -0.39 is 10.7 Å². The summed E-state index contributed by atoms with van der Waals surface area (Å²) in [6.07, 6.45) is 3.77. The molecule has 1 spiro atoms. The lowest BCUT2D eigenvalue weighted by atomic mass is 10.1. The lowest BCUT2D eigenvalue weighted by Crippen LogP contribution is -2.39. The molecule has 1 aromatic heterocycles. The van der Waals surface area contributed by atoms with E-state index in [1.807, 2.05) is 0 Å². The van der Waals surface area contributed by atoms with E-state index in [0.29, 0.717) is 0 Å². The van der Waals surface area contributed by atoms with Crippen LogP contribution in [-0.4, -0.2) is 21.7 Å². The molecule has 0 unspecified atom stereocenters. The van der Waals surface area contributed by atoms with Gasteiger partial charge in [-0.15, -0.1) is 11.8 Å². The van der Waals surface area contributed by atoms with Gasteiger partial charge in [0.1, 0.15) is 0 Å². The van der Waals surface area contributed by atoms with E-state index in [9.17, 15) is 9.59 Å². The summed E-state index contributed by atoms with van der Waals surface area (Å²) in [4.78, 5) is 23.5. The Bertz CT molecular complexity index is 502. The number of thioether (sulfide) groups is 1. The Morgan fingerprint density at radius 2 is 2.18 bits per heavy atom. The first-order chi connectivity index (χ1) is 8.11. The van der Waals surface area contributed by atoms with Crippen LogP contribution >= 0.6 is 11.8 Å². The Labute approximate surface area is 102 Å². The molecule has 1 aliphatic heterocycles. The molecular formula is C11H11NO4S. The molecule has 0 atom stereocenters. The highest BCUT2D eigenvalue weighted by Crippen LogP contribution is 2.51. The van der Waals surface area contributed by atoms with E-state index in [1.165, 1.54) is 17.8 Å². The van der Waals surface area contributed by atoms with Gasteiger partial charge in [-0.2, -0.15) is 0 Å². The van der Waals surface area contributed by atoms with Gasteiger partial charge in [0.25, 0.3) is 0 Å². The summed E-state index contributed by atoms with van der Waals surface area (Å²) in [6, 6.07) is 1.49. The maximum atomic E-state index is 12.0. The van der Waals surface area contributed by atoms with Crippen molar-refractivity contribution in [1.29, 1.82) is 0 Å². The maximum absolute atomic E-state index is 12.0. The number of furan rings is 1. The molecule has 0 radical (unpaired) electrons. The van der Waals surface area contributed by atoms with Crippen LogP contribution in [0.25, 0.3) is 0 Å². The lowest BCUT2D eigenvalue weighted by molar-refractivity contribution is -0.118. The predicted octanol–water partition coefficient (Wildman–Crippen LogP) is 2.33. The fraction of sp³-hybridized carbons (Fsp3) is 0.455. The number of hydrogen-bond acceptors (Lipinski definition) is 4. The molecular weight excluding hydrogens is 242 g/mol. The minimum Gasteiger partial charge on any atom is -0.475 e. The standard InChI is InChI=1S/C11H11NO4S/c13-9(14)6-5-7-8(16-6)12-10(15)11(17-7)3-1-2-4-11/h5H,1-4H2,(H,12,15)(H,13,14). The summed E-state index contributed by atoms with van der Waals surface area (Å²) in [6.45, 7) is 0. The second-order valence-electron chi connectivity index (χ2n) is 4.37. The number of hydrogen-bond donors (Lipinski definition) is 2. The van der Waals surface area contributed by atoms with Crippen molar-refractivity contribution in [2.24, 2.45) is 0 Å². The third-order valence-corrected chi connectivity index (χ3v) is 4.77. The Kier molecular flexibility index (Phi) is 2.22. The van der Waals surface area contributed by atoms with Crippen molar-refractivity contribution in [3.8, 4) is 0 Å². The Morgan fingerprint density at radius 1 is 1.47 bits per heavy atom. The van der Waals surface area contributed by atoms with Crippen molar-refractivity contribution >= 4 is 29.5 Å². The minimum atomic E-state index is -1.12. The van der Waals surface area contributed by atoms with Crippen molar-refractivity contribution in [3.63, 3.8) is 0 Å². The van der Waals surface area contributed by atoms with Crippen molar-refractivity contribution in [3.05, 3.63) is 11.8 Å². The van der Waals surface area contributed by atoms with E-state index in [0.717, 1.165) is 30.6 Å². The number of fused-ring (bicyclic) bond motifs is 1. The smallest absolute Gasteiger partial charge is 0.371 e. The van der Waals surface area contributed by atoms with Crippen LogP contribution in [0, 0.1) is 0 Å². The predicted molar refractivity (Wildman–Crippen MR) is 61.4 cm³/mol. The number of anilines is 1. The number of nitrogens with one attached hydrogen (secondary N) is 1. The lowest BCUT2D eigenvalue weighted by Gasteiger charge is -2.30. The fourth-order valence-electron chi connectivity index (χ4n) is 2.39. The summed E-state index contributed by atoms with van der Waals surface area (Å²) < 4.78 is 4.68. The SMILES string of the molecule is O=C(O)c1cc2c(o1)NC(=O)C1(CCCC1)S2. The van der Waals surface area contributed by atoms with Crippen molar-refractivity contribution < 1.29 is 19.1 Å². The average Bonchev–Trinajstić information content (AvgIpc) is 2.87. The average molecular weight is 253 g/mol. The zero-order valence-electron chi connectivity index (χ0n) is 8.99. The van der Waals surface area contributed by atoms with Crippen LogP contribution < -0.4 is 5.32 Å². The van der Waals surface area contributed by atoms with Crippen molar-refractivity contribution in [2.45, 2.75) is 35.3 Å². The Morgan fingerprint density at radius 3 is 2.82 bits per heavy atom. The molecule has 1 fully saturated rings. The highest BCUT2D eigenvalue weighted by atomic mass is 32.2. The Balaban J connectivity index is 1.99. The number of carbonyl (C=O) groups excluding carboxylic acids is 1. The Hall–Kier alpha value is -1.43. The van der Waals surface area contributed by atoms with Crippen LogP contribution in [0.3, 0.4) is 0 Å². The first kappa shape index (κ1) is 10.7. The quantitative estimate of drug-likeness (QED) is 0.803. The molecule has 0 bridgehead atoms. The molecule has 1 aliphatic carbocycles. The zero-order chi connectivity index (χ0) is 12.0. The van der Waals surface area contributed by atoms with Gasteiger partial charge in [-0.3, -0.25) is 10.1 Å². The number of rotatable bonds is 1. The van der Waals surface area contributed by atoms with Crippen molar-refractivity contribution in [2.75, 3.05) is 5.32 Å². The molecule has 0 aromatic carbocycles. The fourth-order valence-corrected chi connectivity index (χ4v) is 3.80. The van der Waals surface area contributed by atoms with E-state index in [1.54, 1.807) is 0 Å². The minimum absolute atomic E-state index is 0.0567. The van der Waals surface area contributed by atoms with Crippen LogP contribution in [0.4, 0.5) is 5.88 Å². The summed E-state index contributed by atoms with van der Waals surface area (Å²) >= 11 is 1.44. The van der Waals surface area contributed by atoms with Crippen LogP contribution in [0.2, 0.25) is 0 Å². The summed E-state index contributed by atoms with van der Waals surface area (Å²) in [5.74, 6) is -1.03. The summed E-state index contributed by atoms with van der Waals surface area (Å²) in [7, 11) is 0. The van der Waals surface area contributed by atoms with Gasteiger partial charge in [-0.05, 0) is 12.8 Å². The number of aromatic carboxylic acids is 1. The van der Waals surface area contributed by atoms with Crippen LogP contribution in [0.15, 0.2) is 15.4 Å². The van der Waals surface area contributed by atoms with E-state index >= 15 is 0 Å². The van der Waals surface area contributed by atoms with E-state index in [-0.39, 0.29) is 17.6 Å². The second-order valence-corrected chi connectivity index (χ2v) is 5.79. The van der Waals surface area contributed by atoms with Gasteiger partial charge >= 0.3 is 5.97 Å². The van der Waals surface area contributed by atoms with Gasteiger partial charge in [0, 0.05) is 6.07 Å². The molecule has 5 nitrogen and oxygen atoms in total. The maximum Gasteiger partial charge on any atom is 0.371 e. The van der Waals surface area contributed by atoms with Gasteiger partial charge in [-0.25, -0.2) is 4.79 Å². The second kappa shape index (κ2) is 3.53. The van der Waals surface area contributed by atoms with Gasteiger partial charge in [0.05, 0.1) is 9.64 Å². The number of carboxylic acids is 1. The van der Waals surface area contributed by atoms with Gasteiger partial charge in [-0.1, -0.05) is 12.8 Å². The summed E-state index contributed by atoms with van der Waals surface area (Å²) in [5, 5.41) is 11.5. The molecule has 90 valence electrons. The third-order valence-electron chi connectivity index (χ3n) is 3.27. The monoisotopic (exact) mass is 253 g/mol. The van der Waals surface area contributed by atoms with Crippen LogP contribution in [-0.2, 0) is 4.79 Å². The molecule has 1 amide bonds. The molecule has 0 saturated heterocycles. The molecule has 6 heteroatoms. The molecule has 2 N–H and O–H groups in total. The topological polar surface area (TPSA) is 79.5 Å². The first-order valence-corrected chi connectivity index (χ1v) is 6.30. The largest absolute Gasteiger partial charge is 0.475 e. The molecule has 2 aliphatic rings. The normalized spacial score (nSPS) is 21.3. The molecule has 17 heavy (non-hydrogen) atoms. The zero-order valence-corrected chi connectivity index (χ0v) is 9.80.